The SMILES string of the molecule is COc1c(CC(S(=O)(=O)C(F)(F)F)S(=O)(=O)C(F)(F)F)c(OC)c(CC(S(=O)(=O)C(F)(F)F)S(=O)(=O)C(F)(F)F)c(OC)c1CC(S(=O)(=O)C(F)(F)F)S(=O)(=O)C(F)(F)F. The number of sulfone groups is 6. The van der Waals surface area contributed by atoms with E-state index in [1.807, 2.05) is 0 Å². The molecule has 0 radical (unpaired) electrons. The van der Waals surface area contributed by atoms with Gasteiger partial charge in [0.2, 0.25) is 0 Å². The Bertz CT molecular complexity index is 2050. The second-order valence-electron chi connectivity index (χ2n) is 10.9. The quantitative estimate of drug-likeness (QED) is 0.227. The molecular formula is C21H18F18O15S6. The van der Waals surface area contributed by atoms with E-state index in [0.29, 0.717) is 0 Å². The Morgan fingerprint density at radius 1 is 0.317 bits per heavy atom. The maximum atomic E-state index is 13.7. The second-order valence-corrected chi connectivity index (χ2v) is 24.5. The standard InChI is InChI=1S/C21H18F18O15S6/c1-52-13-7(4-10(55(40,41)16(22,23)24)56(42,43)17(25,26)27)14(53-2)9(6-12(59(48,49)20(34,35)36)60(50,51)21(37,38)39)15(54-3)8(13)5-11(57(44,45)18(28,29)30)58(46,47)19(31,32)33/h10-12H,4-6H2,1-3H3. The average molecular weight is 1040 g/mol. The van der Waals surface area contributed by atoms with Crippen LogP contribution in [0.15, 0.2) is 0 Å². The molecule has 0 saturated carbocycles. The molecule has 1 aromatic carbocycles. The van der Waals surface area contributed by atoms with E-state index in [-0.39, 0.29) is 21.3 Å². The van der Waals surface area contributed by atoms with E-state index in [0.717, 1.165) is 0 Å². The van der Waals surface area contributed by atoms with Gasteiger partial charge in [-0.1, -0.05) is 0 Å². The van der Waals surface area contributed by atoms with Crippen molar-refractivity contribution in [1.82, 2.24) is 0 Å². The van der Waals surface area contributed by atoms with Crippen LogP contribution in [-0.2, 0) is 78.3 Å². The molecule has 0 atom stereocenters. The van der Waals surface area contributed by atoms with E-state index in [9.17, 15) is 130 Å². The first-order valence-corrected chi connectivity index (χ1v) is 22.9. The van der Waals surface area contributed by atoms with E-state index < -0.39 is 159 Å². The Morgan fingerprint density at radius 3 is 0.517 bits per heavy atom. The first-order valence-electron chi connectivity index (χ1n) is 13.7. The van der Waals surface area contributed by atoms with Gasteiger partial charge in [0.1, 0.15) is 17.2 Å². The third-order valence-electron chi connectivity index (χ3n) is 7.38. The van der Waals surface area contributed by atoms with Crippen molar-refractivity contribution in [2.45, 2.75) is 66.1 Å². The molecule has 0 aliphatic carbocycles. The zero-order valence-corrected chi connectivity index (χ0v) is 33.1. The lowest BCUT2D eigenvalue weighted by atomic mass is 9.95. The van der Waals surface area contributed by atoms with Gasteiger partial charge in [-0.15, -0.1) is 0 Å². The lowest BCUT2D eigenvalue weighted by Crippen LogP contribution is -2.47. The smallest absolute Gasteiger partial charge is 0.496 e. The molecule has 1 aromatic rings. The van der Waals surface area contributed by atoms with Gasteiger partial charge in [-0.2, -0.15) is 79.0 Å². The lowest BCUT2D eigenvalue weighted by Gasteiger charge is -2.29. The van der Waals surface area contributed by atoms with Crippen LogP contribution in [0.4, 0.5) is 79.0 Å². The van der Waals surface area contributed by atoms with Gasteiger partial charge in [0, 0.05) is 36.0 Å². The predicted octanol–water partition coefficient (Wildman–Crippen LogP) is 3.93. The maximum Gasteiger partial charge on any atom is 0.498 e. The van der Waals surface area contributed by atoms with Gasteiger partial charge in [0.25, 0.3) is 59.0 Å². The van der Waals surface area contributed by atoms with Gasteiger partial charge in [0.15, 0.2) is 13.7 Å². The first kappa shape index (κ1) is 55.1. The molecule has 0 fully saturated rings. The van der Waals surface area contributed by atoms with Crippen LogP contribution >= 0.6 is 0 Å². The molecule has 39 heteroatoms. The van der Waals surface area contributed by atoms with Crippen LogP contribution in [0.1, 0.15) is 16.7 Å². The Morgan fingerprint density at radius 2 is 0.433 bits per heavy atom. The number of methoxy groups -OCH3 is 3. The minimum absolute atomic E-state index is 0.0804. The summed E-state index contributed by atoms with van der Waals surface area (Å²) in [5.74, 6) is -6.96. The fourth-order valence-corrected chi connectivity index (χ4v) is 14.8. The van der Waals surface area contributed by atoms with Gasteiger partial charge in [-0.3, -0.25) is 0 Å². The summed E-state index contributed by atoms with van der Waals surface area (Å²) in [4.78, 5) is 0. The Labute approximate surface area is 323 Å². The predicted molar refractivity (Wildman–Crippen MR) is 158 cm³/mol. The highest BCUT2D eigenvalue weighted by atomic mass is 32.3. The summed E-state index contributed by atoms with van der Waals surface area (Å²) >= 11 is 0. The molecule has 15 nitrogen and oxygen atoms in total. The molecule has 60 heavy (non-hydrogen) atoms. The molecule has 354 valence electrons. The highest BCUT2D eigenvalue weighted by Gasteiger charge is 2.66. The van der Waals surface area contributed by atoms with Crippen LogP contribution < -0.4 is 14.2 Å². The number of benzene rings is 1. The second kappa shape index (κ2) is 16.3. The van der Waals surface area contributed by atoms with Crippen molar-refractivity contribution in [1.29, 1.82) is 0 Å². The summed E-state index contributed by atoms with van der Waals surface area (Å²) in [6.07, 6.45) is -9.82. The van der Waals surface area contributed by atoms with Crippen LogP contribution in [0.3, 0.4) is 0 Å². The van der Waals surface area contributed by atoms with E-state index in [4.69, 9.17) is 0 Å². The zero-order valence-electron chi connectivity index (χ0n) is 28.2. The van der Waals surface area contributed by atoms with Crippen molar-refractivity contribution < 1.29 is 144 Å². The van der Waals surface area contributed by atoms with Crippen molar-refractivity contribution in [3.63, 3.8) is 0 Å². The monoisotopic (exact) mass is 1040 g/mol. The summed E-state index contributed by atoms with van der Waals surface area (Å²) in [6.45, 7) is 0. The molecule has 1 rings (SSSR count). The van der Waals surface area contributed by atoms with Crippen LogP contribution in [0, 0.1) is 0 Å². The maximum absolute atomic E-state index is 13.7. The van der Waals surface area contributed by atoms with Gasteiger partial charge in [0.05, 0.1) is 21.3 Å². The third kappa shape index (κ3) is 9.66. The number of hydrogen-bond acceptors (Lipinski definition) is 15. The molecule has 0 saturated heterocycles. The summed E-state index contributed by atoms with van der Waals surface area (Å²) < 4.78 is 392. The molecule has 0 aliphatic heterocycles. The fourth-order valence-electron chi connectivity index (χ4n) is 4.70. The minimum Gasteiger partial charge on any atom is -0.496 e. The lowest BCUT2D eigenvalue weighted by molar-refractivity contribution is -0.0483. The molecular weight excluding hydrogens is 1030 g/mol. The molecule has 0 aliphatic rings. The Balaban J connectivity index is 5.22. The van der Waals surface area contributed by atoms with Crippen molar-refractivity contribution in [3.8, 4) is 17.2 Å². The van der Waals surface area contributed by atoms with Crippen molar-refractivity contribution in [2.75, 3.05) is 21.3 Å². The highest BCUT2D eigenvalue weighted by molar-refractivity contribution is 8.10. The minimum atomic E-state index is -8.01. The molecule has 0 amide bonds. The Kier molecular flexibility index (Phi) is 15.0. The molecule has 0 aromatic heterocycles. The summed E-state index contributed by atoms with van der Waals surface area (Å²) in [5, 5.41) is 0. The van der Waals surface area contributed by atoms with Gasteiger partial charge < -0.3 is 14.2 Å². The number of ether oxygens (including phenoxy) is 3. The van der Waals surface area contributed by atoms with Crippen LogP contribution in [-0.4, -0.2) is 119 Å². The summed E-state index contributed by atoms with van der Waals surface area (Å²) in [7, 11) is -48.3. The largest absolute Gasteiger partial charge is 0.498 e. The number of rotatable bonds is 15. The molecule has 0 bridgehead atoms. The fraction of sp³-hybridized carbons (Fsp3) is 0.714. The topological polar surface area (TPSA) is 233 Å². The van der Waals surface area contributed by atoms with Crippen molar-refractivity contribution in [3.05, 3.63) is 16.7 Å². The first-order chi connectivity index (χ1) is 26.0. The van der Waals surface area contributed by atoms with Crippen LogP contribution in [0.2, 0.25) is 0 Å². The highest BCUT2D eigenvalue weighted by Crippen LogP contribution is 2.51. The van der Waals surface area contributed by atoms with Crippen molar-refractivity contribution >= 4 is 59.0 Å². The van der Waals surface area contributed by atoms with Crippen LogP contribution in [0.5, 0.6) is 17.2 Å². The van der Waals surface area contributed by atoms with E-state index in [1.54, 1.807) is 0 Å². The van der Waals surface area contributed by atoms with Crippen LogP contribution in [0.25, 0.3) is 0 Å². The summed E-state index contributed by atoms with van der Waals surface area (Å²) in [6, 6.07) is 0. The molecule has 0 spiro atoms. The van der Waals surface area contributed by atoms with E-state index in [1.165, 1.54) is 0 Å². The average Bonchev–Trinajstić information content (AvgIpc) is 3.00. The van der Waals surface area contributed by atoms with Gasteiger partial charge in [-0.05, 0) is 0 Å². The van der Waals surface area contributed by atoms with Gasteiger partial charge >= 0.3 is 33.0 Å². The zero-order chi connectivity index (χ0) is 48.4. The summed E-state index contributed by atoms with van der Waals surface area (Å²) in [5.41, 5.74) is -50.5. The Hall–Kier alpha value is -2.94. The molecule has 0 N–H and O–H groups in total. The molecule has 0 heterocycles. The van der Waals surface area contributed by atoms with Crippen molar-refractivity contribution in [2.24, 2.45) is 0 Å². The number of halogens is 18. The molecule has 0 unspecified atom stereocenters. The third-order valence-corrected chi connectivity index (χ3v) is 21.0. The van der Waals surface area contributed by atoms with E-state index in [2.05, 4.69) is 14.2 Å². The number of hydrogen-bond donors (Lipinski definition) is 0. The normalized spacial score (nSPS) is 15.2. The van der Waals surface area contributed by atoms with Gasteiger partial charge in [-0.25, -0.2) is 50.5 Å². The number of alkyl halides is 18. The van der Waals surface area contributed by atoms with E-state index >= 15 is 0 Å².